The molecule has 0 unspecified atom stereocenters. The molecule has 13 nitrogen and oxygen atoms in total. The predicted molar refractivity (Wildman–Crippen MR) is 151 cm³/mol. The van der Waals surface area contributed by atoms with Crippen LogP contribution in [0.3, 0.4) is 0 Å². The van der Waals surface area contributed by atoms with Crippen molar-refractivity contribution in [3.8, 4) is 11.5 Å². The number of hydrogen-bond donors (Lipinski definition) is 5. The molecular formula is C27H36N8O5. The van der Waals surface area contributed by atoms with Gasteiger partial charge in [0.05, 0.1) is 26.4 Å². The predicted octanol–water partition coefficient (Wildman–Crippen LogP) is 2.50. The number of hydrogen-bond acceptors (Lipinski definition) is 12. The number of rotatable bonds is 16. The largest absolute Gasteiger partial charge is 0.454 e. The average Bonchev–Trinajstić information content (AvgIpc) is 3.43. The quantitative estimate of drug-likeness (QED) is 0.165. The molecule has 1 aliphatic heterocycles. The minimum atomic E-state index is -0.214. The molecule has 0 atom stereocenters. The van der Waals surface area contributed by atoms with E-state index >= 15 is 0 Å². The van der Waals surface area contributed by atoms with Gasteiger partial charge < -0.3 is 45.9 Å². The molecule has 40 heavy (non-hydrogen) atoms. The molecule has 1 aromatic heterocycles. The summed E-state index contributed by atoms with van der Waals surface area (Å²) in [6, 6.07) is 12.9. The normalized spacial score (nSPS) is 11.9. The second kappa shape index (κ2) is 14.8. The number of aromatic nitrogens is 3. The van der Waals surface area contributed by atoms with Crippen molar-refractivity contribution in [2.24, 2.45) is 5.73 Å². The van der Waals surface area contributed by atoms with Crippen molar-refractivity contribution in [1.82, 2.24) is 20.3 Å². The maximum absolute atomic E-state index is 12.6. The minimum Gasteiger partial charge on any atom is -0.454 e. The van der Waals surface area contributed by atoms with E-state index in [9.17, 15) is 4.79 Å². The van der Waals surface area contributed by atoms with Crippen molar-refractivity contribution in [3.63, 3.8) is 0 Å². The van der Waals surface area contributed by atoms with E-state index in [1.54, 1.807) is 18.2 Å². The molecule has 0 spiro atoms. The summed E-state index contributed by atoms with van der Waals surface area (Å²) in [5.41, 5.74) is 7.44. The Kier molecular flexibility index (Phi) is 10.7. The lowest BCUT2D eigenvalue weighted by atomic mass is 10.2. The topological polar surface area (TPSA) is 167 Å². The third-order valence-electron chi connectivity index (χ3n) is 5.52. The number of nitrogens with one attached hydrogen (secondary N) is 4. The summed E-state index contributed by atoms with van der Waals surface area (Å²) in [4.78, 5) is 26.1. The first-order valence-corrected chi connectivity index (χ1v) is 13.2. The number of carbonyl (C=O) groups is 1. The van der Waals surface area contributed by atoms with Gasteiger partial charge in [0.15, 0.2) is 11.5 Å². The van der Waals surface area contributed by atoms with E-state index in [-0.39, 0.29) is 18.7 Å². The average molecular weight is 553 g/mol. The zero-order chi connectivity index (χ0) is 28.2. The SMILES string of the molecule is CC(C)Nc1nc(NCc2cccc3c2OCO3)nc(Nc2cccc(C(=O)NCCOCCOCCN)c2)n1. The van der Waals surface area contributed by atoms with Gasteiger partial charge in [-0.3, -0.25) is 4.79 Å². The van der Waals surface area contributed by atoms with Gasteiger partial charge in [-0.25, -0.2) is 0 Å². The van der Waals surface area contributed by atoms with Crippen LogP contribution in [-0.2, 0) is 16.0 Å². The van der Waals surface area contributed by atoms with Gasteiger partial charge in [-0.2, -0.15) is 15.0 Å². The van der Waals surface area contributed by atoms with Gasteiger partial charge in [-0.1, -0.05) is 18.2 Å². The highest BCUT2D eigenvalue weighted by molar-refractivity contribution is 5.95. The number of para-hydroxylation sites is 1. The van der Waals surface area contributed by atoms with Gasteiger partial charge in [0.2, 0.25) is 24.6 Å². The van der Waals surface area contributed by atoms with Crippen molar-refractivity contribution >= 4 is 29.4 Å². The fraction of sp³-hybridized carbons (Fsp3) is 0.407. The first kappa shape index (κ1) is 28.8. The van der Waals surface area contributed by atoms with Crippen LogP contribution in [0.5, 0.6) is 11.5 Å². The molecule has 0 aliphatic carbocycles. The fourth-order valence-electron chi connectivity index (χ4n) is 3.75. The molecule has 13 heteroatoms. The molecule has 0 saturated heterocycles. The summed E-state index contributed by atoms with van der Waals surface area (Å²) < 4.78 is 21.8. The standard InChI is InChI=1S/C27H36N8O5/c1-18(2)31-26-33-25(30-16-20-6-4-8-22-23(20)40-17-39-22)34-27(35-26)32-21-7-3-5-19(15-21)24(36)29-10-12-38-14-13-37-11-9-28/h3-8,15,18H,9-14,16-17,28H2,1-2H3,(H,29,36)(H3,30,31,32,33,34,35). The number of carbonyl (C=O) groups excluding carboxylic acids is 1. The van der Waals surface area contributed by atoms with Gasteiger partial charge in [-0.15, -0.1) is 0 Å². The lowest BCUT2D eigenvalue weighted by Crippen LogP contribution is -2.27. The Labute approximate surface area is 233 Å². The molecule has 3 aromatic rings. The highest BCUT2D eigenvalue weighted by Crippen LogP contribution is 2.35. The number of nitrogens with zero attached hydrogens (tertiary/aromatic N) is 3. The van der Waals surface area contributed by atoms with E-state index in [1.807, 2.05) is 38.1 Å². The van der Waals surface area contributed by atoms with E-state index < -0.39 is 0 Å². The van der Waals surface area contributed by atoms with Crippen LogP contribution >= 0.6 is 0 Å². The zero-order valence-electron chi connectivity index (χ0n) is 22.7. The summed E-state index contributed by atoms with van der Waals surface area (Å²) in [5, 5.41) is 12.5. The molecule has 0 bridgehead atoms. The number of benzene rings is 2. The molecule has 1 amide bonds. The number of amides is 1. The Morgan fingerprint density at radius 3 is 2.58 bits per heavy atom. The van der Waals surface area contributed by atoms with E-state index in [1.165, 1.54) is 0 Å². The molecular weight excluding hydrogens is 516 g/mol. The van der Waals surface area contributed by atoms with Crippen LogP contribution in [0, 0.1) is 0 Å². The Morgan fingerprint density at radius 2 is 1.75 bits per heavy atom. The Morgan fingerprint density at radius 1 is 0.975 bits per heavy atom. The molecule has 2 aromatic carbocycles. The van der Waals surface area contributed by atoms with Gasteiger partial charge in [-0.05, 0) is 38.1 Å². The van der Waals surface area contributed by atoms with Crippen LogP contribution in [0.2, 0.25) is 0 Å². The number of fused-ring (bicyclic) bond motifs is 1. The highest BCUT2D eigenvalue weighted by atomic mass is 16.7. The van der Waals surface area contributed by atoms with Crippen molar-refractivity contribution in [2.75, 3.05) is 62.3 Å². The van der Waals surface area contributed by atoms with Crippen LogP contribution in [0.1, 0.15) is 29.8 Å². The van der Waals surface area contributed by atoms with Gasteiger partial charge in [0.1, 0.15) is 0 Å². The molecule has 214 valence electrons. The Bertz CT molecular complexity index is 1260. The maximum atomic E-state index is 12.6. The second-order valence-corrected chi connectivity index (χ2v) is 9.08. The van der Waals surface area contributed by atoms with Crippen LogP contribution < -0.4 is 36.5 Å². The van der Waals surface area contributed by atoms with Crippen LogP contribution in [-0.4, -0.2) is 73.2 Å². The lowest BCUT2D eigenvalue weighted by Gasteiger charge is -2.14. The number of nitrogens with two attached hydrogens (primary N) is 1. The molecule has 0 radical (unpaired) electrons. The summed E-state index contributed by atoms with van der Waals surface area (Å²) in [6.45, 7) is 7.28. The third kappa shape index (κ3) is 8.66. The third-order valence-corrected chi connectivity index (χ3v) is 5.52. The Hall–Kier alpha value is -4.20. The second-order valence-electron chi connectivity index (χ2n) is 9.08. The zero-order valence-corrected chi connectivity index (χ0v) is 22.7. The van der Waals surface area contributed by atoms with Crippen molar-refractivity contribution in [1.29, 1.82) is 0 Å². The summed E-state index contributed by atoms with van der Waals surface area (Å²) in [5.74, 6) is 2.31. The van der Waals surface area contributed by atoms with Gasteiger partial charge in [0, 0.05) is 42.5 Å². The van der Waals surface area contributed by atoms with E-state index in [4.69, 9.17) is 24.7 Å². The first-order chi connectivity index (χ1) is 19.5. The van der Waals surface area contributed by atoms with Crippen molar-refractivity contribution < 1.29 is 23.7 Å². The first-order valence-electron chi connectivity index (χ1n) is 13.2. The maximum Gasteiger partial charge on any atom is 0.251 e. The smallest absolute Gasteiger partial charge is 0.251 e. The minimum absolute atomic E-state index is 0.112. The number of anilines is 4. The summed E-state index contributed by atoms with van der Waals surface area (Å²) in [7, 11) is 0. The van der Waals surface area contributed by atoms with Crippen molar-refractivity contribution in [2.45, 2.75) is 26.4 Å². The molecule has 2 heterocycles. The van der Waals surface area contributed by atoms with E-state index in [2.05, 4.69) is 36.2 Å². The molecule has 4 rings (SSSR count). The van der Waals surface area contributed by atoms with Crippen LogP contribution in [0.4, 0.5) is 23.5 Å². The van der Waals surface area contributed by atoms with E-state index in [0.29, 0.717) is 86.7 Å². The van der Waals surface area contributed by atoms with Crippen molar-refractivity contribution in [3.05, 3.63) is 53.6 Å². The van der Waals surface area contributed by atoms with Gasteiger partial charge in [0.25, 0.3) is 5.91 Å². The summed E-state index contributed by atoms with van der Waals surface area (Å²) >= 11 is 0. The fourth-order valence-corrected chi connectivity index (χ4v) is 3.75. The summed E-state index contributed by atoms with van der Waals surface area (Å²) in [6.07, 6.45) is 0. The van der Waals surface area contributed by atoms with E-state index in [0.717, 1.165) is 5.56 Å². The molecule has 6 N–H and O–H groups in total. The molecule has 1 aliphatic rings. The molecule has 0 fully saturated rings. The van der Waals surface area contributed by atoms with Crippen LogP contribution in [0.15, 0.2) is 42.5 Å². The van der Waals surface area contributed by atoms with Gasteiger partial charge >= 0.3 is 0 Å². The monoisotopic (exact) mass is 552 g/mol. The van der Waals surface area contributed by atoms with Crippen LogP contribution in [0.25, 0.3) is 0 Å². The molecule has 0 saturated carbocycles. The Balaban J connectivity index is 1.37. The highest BCUT2D eigenvalue weighted by Gasteiger charge is 2.17. The number of ether oxygens (including phenoxy) is 4. The lowest BCUT2D eigenvalue weighted by molar-refractivity contribution is 0.0511.